The maximum atomic E-state index is 14.8. The first-order valence-corrected chi connectivity index (χ1v) is 14.6. The number of hydrogen-bond donors (Lipinski definition) is 0. The van der Waals surface area contributed by atoms with Crippen LogP contribution in [-0.2, 0) is 6.42 Å². The molecule has 1 unspecified atom stereocenters. The summed E-state index contributed by atoms with van der Waals surface area (Å²) in [7, 11) is 0. The topological polar surface area (TPSA) is 0 Å². The zero-order valence-electron chi connectivity index (χ0n) is 21.2. The molecule has 2 fully saturated rings. The molecule has 0 N–H and O–H groups in total. The summed E-state index contributed by atoms with van der Waals surface area (Å²) < 4.78 is 14.8. The van der Waals surface area contributed by atoms with E-state index in [1.165, 1.54) is 89.0 Å². The summed E-state index contributed by atoms with van der Waals surface area (Å²) >= 11 is 6.28. The van der Waals surface area contributed by atoms with Crippen molar-refractivity contribution >= 4 is 17.2 Å². The molecule has 3 aliphatic rings. The minimum absolute atomic E-state index is 0.207. The second-order valence-electron chi connectivity index (χ2n) is 11.5. The molecule has 0 bridgehead atoms. The van der Waals surface area contributed by atoms with Crippen LogP contribution in [0.25, 0.3) is 5.57 Å². The zero-order chi connectivity index (χ0) is 23.2. The van der Waals surface area contributed by atoms with Gasteiger partial charge in [-0.15, -0.1) is 0 Å². The molecule has 0 heterocycles. The van der Waals surface area contributed by atoms with Crippen LogP contribution in [0, 0.1) is 35.4 Å². The first kappa shape index (κ1) is 25.3. The second-order valence-corrected chi connectivity index (χ2v) is 11.8. The van der Waals surface area contributed by atoms with Crippen molar-refractivity contribution in [2.24, 2.45) is 29.6 Å². The SMILES string of the molecule is CCCCCC1CCC(C2CCC(C3CC=C(c4ccc(CC)c(Cl)c4F)CC3)CC2)CC1. The Morgan fingerprint density at radius 2 is 1.45 bits per heavy atom. The molecule has 4 rings (SSSR count). The van der Waals surface area contributed by atoms with Crippen molar-refractivity contribution < 1.29 is 4.39 Å². The molecular formula is C31H46ClF. The van der Waals surface area contributed by atoms with E-state index in [1.54, 1.807) is 0 Å². The van der Waals surface area contributed by atoms with Crippen LogP contribution in [0.5, 0.6) is 0 Å². The largest absolute Gasteiger partial charge is 0.205 e. The van der Waals surface area contributed by atoms with E-state index in [0.29, 0.717) is 5.02 Å². The highest BCUT2D eigenvalue weighted by Crippen LogP contribution is 2.46. The standard InChI is InChI=1S/C31H46ClF/c1-3-5-6-7-22-8-10-24(11-9-22)25-12-14-26(15-13-25)27-16-18-28(19-17-27)29-21-20-23(4-2)30(32)31(29)33/h18,20-22,24-27H,3-17,19H2,1-2H3. The first-order valence-electron chi connectivity index (χ1n) is 14.3. The van der Waals surface area contributed by atoms with Crippen molar-refractivity contribution in [2.75, 3.05) is 0 Å². The summed E-state index contributed by atoms with van der Waals surface area (Å²) in [5.74, 6) is 4.54. The number of halogens is 2. The average Bonchev–Trinajstić information content (AvgIpc) is 2.87. The summed E-state index contributed by atoms with van der Waals surface area (Å²) in [5, 5.41) is 0.325. The van der Waals surface area contributed by atoms with Gasteiger partial charge in [-0.05, 0) is 105 Å². The van der Waals surface area contributed by atoms with E-state index in [0.717, 1.165) is 60.0 Å². The summed E-state index contributed by atoms with van der Waals surface area (Å²) in [5.41, 5.74) is 2.83. The van der Waals surface area contributed by atoms with Crippen LogP contribution < -0.4 is 0 Å². The van der Waals surface area contributed by atoms with E-state index in [1.807, 2.05) is 19.1 Å². The molecule has 0 nitrogen and oxygen atoms in total. The Balaban J connectivity index is 1.23. The molecule has 0 aliphatic heterocycles. The van der Waals surface area contributed by atoms with E-state index < -0.39 is 0 Å². The molecule has 1 aromatic carbocycles. The van der Waals surface area contributed by atoms with Gasteiger partial charge in [-0.1, -0.05) is 82.2 Å². The number of benzene rings is 1. The molecule has 0 aromatic heterocycles. The Kier molecular flexibility index (Phi) is 9.37. The van der Waals surface area contributed by atoms with Crippen LogP contribution in [-0.4, -0.2) is 0 Å². The van der Waals surface area contributed by atoms with E-state index in [9.17, 15) is 4.39 Å². The van der Waals surface area contributed by atoms with Gasteiger partial charge in [0.25, 0.3) is 0 Å². The Morgan fingerprint density at radius 3 is 2.03 bits per heavy atom. The van der Waals surface area contributed by atoms with Crippen molar-refractivity contribution in [1.29, 1.82) is 0 Å². The molecule has 184 valence electrons. The fourth-order valence-corrected chi connectivity index (χ4v) is 7.66. The quantitative estimate of drug-likeness (QED) is 0.330. The minimum atomic E-state index is -0.207. The smallest absolute Gasteiger partial charge is 0.149 e. The summed E-state index contributed by atoms with van der Waals surface area (Å²) in [4.78, 5) is 0. The highest BCUT2D eigenvalue weighted by atomic mass is 35.5. The van der Waals surface area contributed by atoms with Crippen LogP contribution >= 0.6 is 11.6 Å². The molecule has 33 heavy (non-hydrogen) atoms. The lowest BCUT2D eigenvalue weighted by Gasteiger charge is -2.40. The molecule has 0 amide bonds. The number of hydrogen-bond acceptors (Lipinski definition) is 0. The van der Waals surface area contributed by atoms with Gasteiger partial charge in [0.15, 0.2) is 0 Å². The second kappa shape index (κ2) is 12.2. The van der Waals surface area contributed by atoms with Crippen LogP contribution in [0.1, 0.15) is 121 Å². The zero-order valence-corrected chi connectivity index (χ0v) is 21.9. The highest BCUT2D eigenvalue weighted by molar-refractivity contribution is 6.31. The third-order valence-corrected chi connectivity index (χ3v) is 10.0. The van der Waals surface area contributed by atoms with Crippen molar-refractivity contribution in [3.8, 4) is 0 Å². The lowest BCUT2D eigenvalue weighted by molar-refractivity contribution is 0.120. The van der Waals surface area contributed by atoms with E-state index >= 15 is 0 Å². The number of allylic oxidation sites excluding steroid dienone is 2. The summed E-state index contributed by atoms with van der Waals surface area (Å²) in [6.45, 7) is 4.34. The molecule has 2 heteroatoms. The Bertz CT molecular complexity index is 780. The van der Waals surface area contributed by atoms with Crippen molar-refractivity contribution in [3.05, 3.63) is 40.2 Å². The van der Waals surface area contributed by atoms with Gasteiger partial charge in [0, 0.05) is 5.56 Å². The first-order chi connectivity index (χ1) is 16.1. The maximum Gasteiger partial charge on any atom is 0.149 e. The minimum Gasteiger partial charge on any atom is -0.205 e. The third-order valence-electron chi connectivity index (χ3n) is 9.60. The molecule has 2 saturated carbocycles. The molecule has 1 atom stereocenters. The number of aryl methyl sites for hydroxylation is 1. The van der Waals surface area contributed by atoms with E-state index in [-0.39, 0.29) is 5.82 Å². The molecule has 0 spiro atoms. The monoisotopic (exact) mass is 472 g/mol. The fraction of sp³-hybridized carbons (Fsp3) is 0.742. The van der Waals surface area contributed by atoms with Crippen LogP contribution in [0.15, 0.2) is 18.2 Å². The van der Waals surface area contributed by atoms with Crippen LogP contribution in [0.2, 0.25) is 5.02 Å². The van der Waals surface area contributed by atoms with Gasteiger partial charge >= 0.3 is 0 Å². The fourth-order valence-electron chi connectivity index (χ4n) is 7.36. The van der Waals surface area contributed by atoms with Crippen LogP contribution in [0.4, 0.5) is 4.39 Å². The molecule has 1 aromatic rings. The highest BCUT2D eigenvalue weighted by Gasteiger charge is 2.33. The number of rotatable bonds is 8. The van der Waals surface area contributed by atoms with Crippen molar-refractivity contribution in [1.82, 2.24) is 0 Å². The number of unbranched alkanes of at least 4 members (excludes halogenated alkanes) is 2. The Morgan fingerprint density at radius 1 is 0.818 bits per heavy atom. The Labute approximate surface area is 207 Å². The van der Waals surface area contributed by atoms with Gasteiger partial charge in [0.05, 0.1) is 5.02 Å². The third kappa shape index (κ3) is 6.25. The van der Waals surface area contributed by atoms with Crippen molar-refractivity contribution in [2.45, 2.75) is 117 Å². The predicted octanol–water partition coefficient (Wildman–Crippen LogP) is 10.4. The summed E-state index contributed by atoms with van der Waals surface area (Å²) in [6, 6.07) is 3.96. The molecular weight excluding hydrogens is 427 g/mol. The Hall–Kier alpha value is -0.820. The lowest BCUT2D eigenvalue weighted by atomic mass is 9.65. The van der Waals surface area contributed by atoms with Crippen LogP contribution in [0.3, 0.4) is 0 Å². The summed E-state index contributed by atoms with van der Waals surface area (Å²) in [6.07, 6.45) is 24.0. The van der Waals surface area contributed by atoms with Gasteiger partial charge in [0.2, 0.25) is 0 Å². The van der Waals surface area contributed by atoms with Gasteiger partial charge in [0.1, 0.15) is 5.82 Å². The molecule has 3 aliphatic carbocycles. The van der Waals surface area contributed by atoms with Gasteiger partial charge < -0.3 is 0 Å². The van der Waals surface area contributed by atoms with Crippen molar-refractivity contribution in [3.63, 3.8) is 0 Å². The molecule has 0 radical (unpaired) electrons. The van der Waals surface area contributed by atoms with E-state index in [4.69, 9.17) is 11.6 Å². The molecule has 0 saturated heterocycles. The predicted molar refractivity (Wildman–Crippen MR) is 141 cm³/mol. The average molecular weight is 473 g/mol. The van der Waals surface area contributed by atoms with Gasteiger partial charge in [-0.2, -0.15) is 0 Å². The van der Waals surface area contributed by atoms with E-state index in [2.05, 4.69) is 13.0 Å². The van der Waals surface area contributed by atoms with Gasteiger partial charge in [-0.3, -0.25) is 0 Å². The van der Waals surface area contributed by atoms with Gasteiger partial charge in [-0.25, -0.2) is 4.39 Å². The normalized spacial score (nSPS) is 30.8. The maximum absolute atomic E-state index is 14.8. The lowest BCUT2D eigenvalue weighted by Crippen LogP contribution is -2.28.